The van der Waals surface area contributed by atoms with Gasteiger partial charge in [-0.2, -0.15) is 6.54 Å². The van der Waals surface area contributed by atoms with Crippen molar-refractivity contribution >= 4 is 17.8 Å². The average molecular weight is 382 g/mol. The first-order chi connectivity index (χ1) is 9.34. The van der Waals surface area contributed by atoms with Crippen molar-refractivity contribution in [3.05, 3.63) is 59.9 Å². The van der Waals surface area contributed by atoms with Crippen LogP contribution in [0.5, 0.6) is 0 Å². The summed E-state index contributed by atoms with van der Waals surface area (Å²) >= 11 is 2.62. The van der Waals surface area contributed by atoms with E-state index in [9.17, 15) is 4.57 Å². The van der Waals surface area contributed by atoms with Crippen LogP contribution < -0.4 is 0 Å². The van der Waals surface area contributed by atoms with E-state index in [4.69, 9.17) is 22.1 Å². The molecule has 0 saturated heterocycles. The van der Waals surface area contributed by atoms with Gasteiger partial charge in [0.2, 0.25) is 0 Å². The van der Waals surface area contributed by atoms with Gasteiger partial charge >= 0.3 is 110 Å². The fourth-order valence-electron chi connectivity index (χ4n) is 1.27. The molecule has 0 amide bonds. The number of nitrogens with one attached hydrogen (secondary N) is 1. The molecule has 20 heavy (non-hydrogen) atoms. The minimum absolute atomic E-state index is 0.249. The normalized spacial score (nSPS) is 10.8. The van der Waals surface area contributed by atoms with Gasteiger partial charge in [0, 0.05) is 0 Å². The van der Waals surface area contributed by atoms with Crippen molar-refractivity contribution in [2.24, 2.45) is 0 Å². The maximum atomic E-state index is 10.8. The monoisotopic (exact) mass is 382 g/mol. The first kappa shape index (κ1) is 19.3. The van der Waals surface area contributed by atoms with Crippen LogP contribution in [0.2, 0.25) is 0 Å². The van der Waals surface area contributed by atoms with Gasteiger partial charge < -0.3 is 5.73 Å². The fraction of sp³-hybridized carbons (Fsp3) is 0.214. The second kappa shape index (κ2) is 10.1. The van der Waals surface area contributed by atoms with Crippen molar-refractivity contribution in [3.8, 4) is 0 Å². The second-order valence-electron chi connectivity index (χ2n) is 3.80. The molecule has 6 heteroatoms. The average Bonchev–Trinajstić information content (AvgIpc) is 2.36. The standard InChI is InChI=1S/C12H12O3P.C2H6N.Rh/c1-3-4-10(2)12-7-5-11(6-8-12)9-16(13,14)15;1-2-3;/h1-8H,9H2,(H2,13,14,15);3H,2H2,1H3;/q2*-1;/b4-3-;;. The third kappa shape index (κ3) is 9.25. The van der Waals surface area contributed by atoms with Crippen LogP contribution in [0.15, 0.2) is 36.4 Å². The van der Waals surface area contributed by atoms with Crippen LogP contribution in [-0.4, -0.2) is 20.9 Å². The molecule has 1 rings (SSSR count). The molecule has 1 aromatic carbocycles. The van der Waals surface area contributed by atoms with E-state index in [2.05, 4.69) is 17.9 Å². The van der Waals surface area contributed by atoms with E-state index in [1.165, 1.54) is 0 Å². The van der Waals surface area contributed by atoms with Gasteiger partial charge in [-0.1, -0.05) is 6.92 Å². The molecule has 0 aromatic heterocycles. The SMILES string of the molecule is CC[NH-].[CH-]=C(/C=C\[CH]=[Rh])c1ccc(CP(=O)(O)O)cc1. The molecular weight excluding hydrogens is 364 g/mol. The van der Waals surface area contributed by atoms with Gasteiger partial charge in [0.05, 0.1) is 0 Å². The van der Waals surface area contributed by atoms with Gasteiger partial charge in [-0.05, 0) is 0 Å². The molecule has 3 N–H and O–H groups in total. The minimum atomic E-state index is -4.00. The van der Waals surface area contributed by atoms with E-state index in [-0.39, 0.29) is 6.16 Å². The molecular formula is C14H18NO3PRh-2. The van der Waals surface area contributed by atoms with E-state index in [0.29, 0.717) is 17.7 Å². The fourth-order valence-corrected chi connectivity index (χ4v) is 2.12. The van der Waals surface area contributed by atoms with E-state index in [1.54, 1.807) is 48.0 Å². The summed E-state index contributed by atoms with van der Waals surface area (Å²) in [6, 6.07) is 6.81. The summed E-state index contributed by atoms with van der Waals surface area (Å²) in [6.07, 6.45) is 3.28. The van der Waals surface area contributed by atoms with Crippen LogP contribution in [0.1, 0.15) is 18.1 Å². The molecule has 0 atom stereocenters. The zero-order valence-electron chi connectivity index (χ0n) is 11.1. The molecule has 0 heterocycles. The van der Waals surface area contributed by atoms with Crippen molar-refractivity contribution in [1.29, 1.82) is 0 Å². The molecule has 4 nitrogen and oxygen atoms in total. The molecule has 0 aliphatic heterocycles. The topological polar surface area (TPSA) is 81.3 Å². The van der Waals surface area contributed by atoms with Gasteiger partial charge in [-0.25, -0.2) is 0 Å². The molecule has 0 fully saturated rings. The van der Waals surface area contributed by atoms with Crippen molar-refractivity contribution in [2.75, 3.05) is 6.54 Å². The predicted molar refractivity (Wildman–Crippen MR) is 80.0 cm³/mol. The summed E-state index contributed by atoms with van der Waals surface area (Å²) in [4.78, 5) is 17.7. The Morgan fingerprint density at radius 3 is 2.30 bits per heavy atom. The molecule has 0 radical (unpaired) electrons. The molecule has 0 unspecified atom stereocenters. The first-order valence-corrected chi connectivity index (χ1v) is 8.56. The summed E-state index contributed by atoms with van der Waals surface area (Å²) in [5.74, 6) is 0. The van der Waals surface area contributed by atoms with Crippen molar-refractivity contribution in [1.82, 2.24) is 0 Å². The van der Waals surface area contributed by atoms with Crippen LogP contribution in [0, 0.1) is 6.58 Å². The van der Waals surface area contributed by atoms with Crippen LogP contribution in [-0.2, 0) is 28.6 Å². The summed E-state index contributed by atoms with van der Waals surface area (Å²) in [5, 5.41) is 0. The van der Waals surface area contributed by atoms with E-state index < -0.39 is 7.60 Å². The Morgan fingerprint density at radius 1 is 1.40 bits per heavy atom. The maximum absolute atomic E-state index is 10.8. The zero-order chi connectivity index (χ0) is 15.6. The number of hydrogen-bond donors (Lipinski definition) is 2. The predicted octanol–water partition coefficient (Wildman–Crippen LogP) is 3.14. The van der Waals surface area contributed by atoms with E-state index in [1.807, 2.05) is 0 Å². The van der Waals surface area contributed by atoms with Crippen molar-refractivity contribution in [2.45, 2.75) is 13.1 Å². The van der Waals surface area contributed by atoms with Crippen LogP contribution in [0.4, 0.5) is 0 Å². The second-order valence-corrected chi connectivity index (χ2v) is 5.99. The van der Waals surface area contributed by atoms with Crippen LogP contribution in [0.3, 0.4) is 0 Å². The van der Waals surface area contributed by atoms with Crippen LogP contribution >= 0.6 is 7.60 Å². The third-order valence-electron chi connectivity index (χ3n) is 2.02. The van der Waals surface area contributed by atoms with Gasteiger partial charge in [-0.3, -0.25) is 0 Å². The Balaban J connectivity index is 0.00000110. The number of hydrogen-bond acceptors (Lipinski definition) is 1. The Kier molecular flexibility index (Phi) is 9.74. The summed E-state index contributed by atoms with van der Waals surface area (Å²) in [6.45, 7) is 8.09. The molecule has 1 aromatic rings. The third-order valence-corrected chi connectivity index (χ3v) is 3.11. The number of benzene rings is 1. The van der Waals surface area contributed by atoms with Gasteiger partial charge in [0.25, 0.3) is 0 Å². The van der Waals surface area contributed by atoms with Gasteiger partial charge in [-0.15, -0.1) is 0 Å². The number of allylic oxidation sites excluding steroid dienone is 3. The molecule has 0 saturated carbocycles. The molecule has 0 spiro atoms. The Bertz CT molecular complexity index is 506. The first-order valence-electron chi connectivity index (χ1n) is 5.82. The van der Waals surface area contributed by atoms with E-state index >= 15 is 0 Å². The van der Waals surface area contributed by atoms with Crippen LogP contribution in [0.25, 0.3) is 11.3 Å². The zero-order valence-corrected chi connectivity index (χ0v) is 13.6. The Morgan fingerprint density at radius 2 is 1.90 bits per heavy atom. The van der Waals surface area contributed by atoms with E-state index in [0.717, 1.165) is 5.56 Å². The Hall–Kier alpha value is -0.697. The molecule has 0 aliphatic rings. The molecule has 0 aliphatic carbocycles. The van der Waals surface area contributed by atoms with Gasteiger partial charge in [0.1, 0.15) is 0 Å². The number of rotatable bonds is 5. The quantitative estimate of drug-likeness (QED) is 0.355. The molecule has 0 bridgehead atoms. The Labute approximate surface area is 129 Å². The summed E-state index contributed by atoms with van der Waals surface area (Å²) in [5.41, 5.74) is 8.22. The van der Waals surface area contributed by atoms with Gasteiger partial charge in [0.15, 0.2) is 0 Å². The van der Waals surface area contributed by atoms with Crippen molar-refractivity contribution < 1.29 is 32.2 Å². The summed E-state index contributed by atoms with van der Waals surface area (Å²) < 4.78 is 12.6. The molecule has 113 valence electrons. The summed E-state index contributed by atoms with van der Waals surface area (Å²) in [7, 11) is -4.00. The van der Waals surface area contributed by atoms with Crippen molar-refractivity contribution in [3.63, 3.8) is 0 Å².